The molecule has 1 aromatic heterocycles. The van der Waals surface area contributed by atoms with Gasteiger partial charge in [-0.05, 0) is 45.8 Å². The van der Waals surface area contributed by atoms with Crippen molar-refractivity contribution in [2.45, 2.75) is 12.1 Å². The van der Waals surface area contributed by atoms with E-state index in [1.54, 1.807) is 0 Å². The van der Waals surface area contributed by atoms with Crippen LogP contribution >= 0.6 is 0 Å². The first kappa shape index (κ1) is 18.3. The summed E-state index contributed by atoms with van der Waals surface area (Å²) < 4.78 is 1.89. The summed E-state index contributed by atoms with van der Waals surface area (Å²) in [4.78, 5) is 18.9. The molecule has 33 heavy (non-hydrogen) atoms. The van der Waals surface area contributed by atoms with Crippen LogP contribution < -0.4 is 11.0 Å². The number of pyridine rings is 1. The molecule has 3 heteroatoms. The summed E-state index contributed by atoms with van der Waals surface area (Å²) >= 11 is 0. The maximum atomic E-state index is 14.0. The quantitative estimate of drug-likeness (QED) is 0.349. The van der Waals surface area contributed by atoms with Crippen LogP contribution in [0.3, 0.4) is 0 Å². The van der Waals surface area contributed by atoms with E-state index < -0.39 is 0 Å². The Bertz CT molecular complexity index is 1730. The van der Waals surface area contributed by atoms with Crippen molar-refractivity contribution in [2.24, 2.45) is 4.99 Å². The van der Waals surface area contributed by atoms with Crippen LogP contribution in [-0.4, -0.2) is 10.6 Å². The zero-order chi connectivity index (χ0) is 21.9. The molecule has 2 heterocycles. The molecule has 0 saturated carbocycles. The van der Waals surface area contributed by atoms with Gasteiger partial charge < -0.3 is 0 Å². The van der Waals surface area contributed by atoms with Crippen LogP contribution in [0.15, 0.2) is 119 Å². The minimum absolute atomic E-state index is 0.0271. The molecule has 1 aliphatic carbocycles. The standard InChI is InChI=1S/C30H20N2O/c33-30-25-18-21(19-9-3-1-4-10-19)17-24-22(20-11-5-2-6-12-20)15-16-23(28(24)25)29-31-26-13-7-8-14-27(26)32(29)30/h1-18,26-27H. The predicted molar refractivity (Wildman–Crippen MR) is 134 cm³/mol. The van der Waals surface area contributed by atoms with Gasteiger partial charge in [-0.1, -0.05) is 91.0 Å². The van der Waals surface area contributed by atoms with Crippen LogP contribution in [0.5, 0.6) is 0 Å². The van der Waals surface area contributed by atoms with E-state index in [2.05, 4.69) is 72.8 Å². The van der Waals surface area contributed by atoms with Gasteiger partial charge in [0.25, 0.3) is 5.56 Å². The monoisotopic (exact) mass is 424 g/mol. The first-order valence-corrected chi connectivity index (χ1v) is 11.3. The molecule has 0 N–H and O–H groups in total. The highest BCUT2D eigenvalue weighted by molar-refractivity contribution is 6.16. The smallest absolute Gasteiger partial charge is 0.260 e. The second-order valence-electron chi connectivity index (χ2n) is 8.72. The summed E-state index contributed by atoms with van der Waals surface area (Å²) in [5, 5.41) is 3.88. The number of allylic oxidation sites excluding steroid dienone is 2. The molecule has 0 fully saturated rings. The zero-order valence-corrected chi connectivity index (χ0v) is 17.8. The molecule has 2 atom stereocenters. The molecule has 2 aliphatic rings. The van der Waals surface area contributed by atoms with E-state index in [0.717, 1.165) is 49.3 Å². The van der Waals surface area contributed by atoms with Crippen molar-refractivity contribution in [1.29, 1.82) is 0 Å². The minimum atomic E-state index is -0.0603. The summed E-state index contributed by atoms with van der Waals surface area (Å²) in [6.07, 6.45) is 8.19. The molecule has 156 valence electrons. The molecule has 0 amide bonds. The van der Waals surface area contributed by atoms with Gasteiger partial charge in [-0.15, -0.1) is 0 Å². The van der Waals surface area contributed by atoms with Gasteiger partial charge in [-0.2, -0.15) is 0 Å². The number of rotatable bonds is 2. The number of benzene rings is 4. The summed E-state index contributed by atoms with van der Waals surface area (Å²) in [6.45, 7) is 0. The van der Waals surface area contributed by atoms with Crippen molar-refractivity contribution < 1.29 is 0 Å². The fraction of sp³-hybridized carbons (Fsp3) is 0.0667. The summed E-state index contributed by atoms with van der Waals surface area (Å²) in [5.74, 6) is 0. The summed E-state index contributed by atoms with van der Waals surface area (Å²) in [6, 6.07) is 29.2. The van der Waals surface area contributed by atoms with Crippen LogP contribution in [0.4, 0.5) is 0 Å². The highest BCUT2D eigenvalue weighted by atomic mass is 16.1. The van der Waals surface area contributed by atoms with Gasteiger partial charge in [0.1, 0.15) is 5.49 Å². The molecule has 0 spiro atoms. The lowest BCUT2D eigenvalue weighted by molar-refractivity contribution is 0.577. The summed E-state index contributed by atoms with van der Waals surface area (Å²) in [5.41, 5.74) is 5.24. The third kappa shape index (κ3) is 2.63. The van der Waals surface area contributed by atoms with Gasteiger partial charge >= 0.3 is 0 Å². The van der Waals surface area contributed by atoms with Gasteiger partial charge in [0.15, 0.2) is 0 Å². The van der Waals surface area contributed by atoms with Crippen molar-refractivity contribution in [1.82, 2.24) is 4.57 Å². The average Bonchev–Trinajstić information content (AvgIpc) is 3.28. The molecular formula is C30H20N2O. The van der Waals surface area contributed by atoms with Crippen LogP contribution in [0.1, 0.15) is 6.04 Å². The number of aromatic nitrogens is 1. The van der Waals surface area contributed by atoms with E-state index >= 15 is 0 Å². The highest BCUT2D eigenvalue weighted by Crippen LogP contribution is 2.37. The van der Waals surface area contributed by atoms with Crippen LogP contribution in [0, 0.1) is 0 Å². The number of fused-ring (bicyclic) bond motifs is 4. The zero-order valence-electron chi connectivity index (χ0n) is 17.8. The van der Waals surface area contributed by atoms with Crippen molar-refractivity contribution in [3.8, 4) is 22.3 Å². The molecule has 2 unspecified atom stereocenters. The topological polar surface area (TPSA) is 34.4 Å². The van der Waals surface area contributed by atoms with Crippen LogP contribution in [0.2, 0.25) is 0 Å². The van der Waals surface area contributed by atoms with Crippen molar-refractivity contribution in [3.05, 3.63) is 125 Å². The Labute approximate surface area is 190 Å². The first-order valence-electron chi connectivity index (χ1n) is 11.3. The largest absolute Gasteiger partial charge is 0.283 e. The SMILES string of the molecule is O=c1c2cc(-c3ccccc3)cc3c(-c4ccccc4)ccc(c4n1C1C=CC=CC1N=4)c32. The fourth-order valence-corrected chi connectivity index (χ4v) is 5.35. The second-order valence-corrected chi connectivity index (χ2v) is 8.72. The Morgan fingerprint density at radius 2 is 1.36 bits per heavy atom. The third-order valence-corrected chi connectivity index (χ3v) is 6.87. The molecule has 4 aromatic carbocycles. The first-order chi connectivity index (χ1) is 16.3. The fourth-order valence-electron chi connectivity index (χ4n) is 5.35. The Hall–Kier alpha value is -4.24. The molecule has 0 radical (unpaired) electrons. The van der Waals surface area contributed by atoms with E-state index in [4.69, 9.17) is 4.99 Å². The van der Waals surface area contributed by atoms with Crippen LogP contribution in [0.25, 0.3) is 43.8 Å². The number of nitrogens with zero attached hydrogens (tertiary/aromatic N) is 2. The van der Waals surface area contributed by atoms with E-state index in [1.807, 2.05) is 41.0 Å². The van der Waals surface area contributed by atoms with Gasteiger partial charge in [-0.3, -0.25) is 14.4 Å². The second kappa shape index (κ2) is 6.88. The predicted octanol–water partition coefficient (Wildman–Crippen LogP) is 5.88. The van der Waals surface area contributed by atoms with Gasteiger partial charge in [0.05, 0.1) is 12.1 Å². The normalized spacial score (nSPS) is 18.4. The van der Waals surface area contributed by atoms with Gasteiger partial charge in [0.2, 0.25) is 0 Å². The lowest BCUT2D eigenvalue weighted by atomic mass is 9.91. The molecular weight excluding hydrogens is 404 g/mol. The molecule has 0 bridgehead atoms. The van der Waals surface area contributed by atoms with E-state index in [0.29, 0.717) is 0 Å². The van der Waals surface area contributed by atoms with Crippen molar-refractivity contribution in [2.75, 3.05) is 0 Å². The van der Waals surface area contributed by atoms with E-state index in [1.165, 1.54) is 0 Å². The minimum Gasteiger partial charge on any atom is -0.283 e. The average molecular weight is 425 g/mol. The number of hydrogen-bond donors (Lipinski definition) is 0. The Morgan fingerprint density at radius 3 is 2.15 bits per heavy atom. The van der Waals surface area contributed by atoms with Gasteiger partial charge in [-0.25, -0.2) is 0 Å². The Morgan fingerprint density at radius 1 is 0.667 bits per heavy atom. The maximum absolute atomic E-state index is 14.0. The molecule has 0 saturated heterocycles. The lowest BCUT2D eigenvalue weighted by Crippen LogP contribution is -2.34. The highest BCUT2D eigenvalue weighted by Gasteiger charge is 2.30. The van der Waals surface area contributed by atoms with E-state index in [-0.39, 0.29) is 17.6 Å². The third-order valence-electron chi connectivity index (χ3n) is 6.87. The van der Waals surface area contributed by atoms with E-state index in [9.17, 15) is 4.79 Å². The molecule has 7 rings (SSSR count). The van der Waals surface area contributed by atoms with Crippen molar-refractivity contribution >= 4 is 21.5 Å². The summed E-state index contributed by atoms with van der Waals surface area (Å²) in [7, 11) is 0. The Balaban J connectivity index is 1.66. The van der Waals surface area contributed by atoms with Crippen LogP contribution in [-0.2, 0) is 0 Å². The molecule has 1 aliphatic heterocycles. The van der Waals surface area contributed by atoms with Crippen molar-refractivity contribution in [3.63, 3.8) is 0 Å². The molecule has 3 nitrogen and oxygen atoms in total. The molecule has 5 aromatic rings. The van der Waals surface area contributed by atoms with Gasteiger partial charge in [0, 0.05) is 16.2 Å². The Kier molecular flexibility index (Phi) is 3.82. The number of hydrogen-bond acceptors (Lipinski definition) is 2. The maximum Gasteiger partial charge on any atom is 0.260 e. The lowest BCUT2D eigenvalue weighted by Gasteiger charge is -2.18.